The molecule has 0 saturated carbocycles. The fourth-order valence-corrected chi connectivity index (χ4v) is 4.06. The van der Waals surface area contributed by atoms with Crippen LogP contribution in [-0.4, -0.2) is 43.8 Å². The van der Waals surface area contributed by atoms with Crippen LogP contribution in [0.5, 0.6) is 0 Å². The Bertz CT molecular complexity index is 825. The molecule has 1 aromatic carbocycles. The van der Waals surface area contributed by atoms with Gasteiger partial charge in [0.2, 0.25) is 0 Å². The van der Waals surface area contributed by atoms with Gasteiger partial charge in [0.15, 0.2) is 11.9 Å². The van der Waals surface area contributed by atoms with Gasteiger partial charge >= 0.3 is 5.97 Å². The molecule has 0 bridgehead atoms. The van der Waals surface area contributed by atoms with Crippen LogP contribution in [0.2, 0.25) is 0 Å². The molecule has 2 aliphatic rings. The normalized spacial score (nSPS) is 22.9. The minimum absolute atomic E-state index is 0.152. The van der Waals surface area contributed by atoms with E-state index in [9.17, 15) is 13.2 Å². The first-order chi connectivity index (χ1) is 10.9. The van der Waals surface area contributed by atoms with Crippen molar-refractivity contribution in [3.8, 4) is 6.07 Å². The Hall–Kier alpha value is -2.40. The molecule has 0 unspecified atom stereocenters. The molecule has 23 heavy (non-hydrogen) atoms. The molecule has 7 nitrogen and oxygen atoms in total. The van der Waals surface area contributed by atoms with Crippen LogP contribution < -0.4 is 0 Å². The Labute approximate surface area is 134 Å². The SMILES string of the molecule is C[C@@H](C#N)OC(=O)[C@@H]1CCCN1C1=NS(=O)(=O)c2ccccc21. The lowest BCUT2D eigenvalue weighted by molar-refractivity contribution is -0.149. The monoisotopic (exact) mass is 333 g/mol. The predicted octanol–water partition coefficient (Wildman–Crippen LogP) is 1.06. The topological polar surface area (TPSA) is 99.8 Å². The zero-order chi connectivity index (χ0) is 16.6. The number of likely N-dealkylation sites (tertiary alicyclic amines) is 1. The van der Waals surface area contributed by atoms with Crippen molar-refractivity contribution >= 4 is 21.8 Å². The maximum atomic E-state index is 12.2. The zero-order valence-electron chi connectivity index (χ0n) is 12.5. The Balaban J connectivity index is 1.93. The summed E-state index contributed by atoms with van der Waals surface area (Å²) >= 11 is 0. The average Bonchev–Trinajstić information content (AvgIpc) is 3.10. The molecule has 0 amide bonds. The van der Waals surface area contributed by atoms with E-state index >= 15 is 0 Å². The number of esters is 1. The van der Waals surface area contributed by atoms with Crippen molar-refractivity contribution in [2.45, 2.75) is 36.8 Å². The van der Waals surface area contributed by atoms with Crippen molar-refractivity contribution in [3.05, 3.63) is 29.8 Å². The van der Waals surface area contributed by atoms with Crippen molar-refractivity contribution < 1.29 is 17.9 Å². The fraction of sp³-hybridized carbons (Fsp3) is 0.400. The fourth-order valence-electron chi connectivity index (χ4n) is 2.84. The molecule has 0 aliphatic carbocycles. The van der Waals surface area contributed by atoms with Gasteiger partial charge in [-0.25, -0.2) is 4.79 Å². The number of hydrogen-bond acceptors (Lipinski definition) is 6. The second-order valence-electron chi connectivity index (χ2n) is 5.45. The van der Waals surface area contributed by atoms with Gasteiger partial charge in [-0.2, -0.15) is 13.7 Å². The molecule has 8 heteroatoms. The van der Waals surface area contributed by atoms with E-state index < -0.39 is 28.1 Å². The maximum absolute atomic E-state index is 12.2. The van der Waals surface area contributed by atoms with Gasteiger partial charge in [-0.15, -0.1) is 4.40 Å². The van der Waals surface area contributed by atoms with E-state index in [1.165, 1.54) is 13.0 Å². The number of sulfonamides is 1. The van der Waals surface area contributed by atoms with E-state index in [-0.39, 0.29) is 10.7 Å². The summed E-state index contributed by atoms with van der Waals surface area (Å²) in [6, 6.07) is 7.78. The van der Waals surface area contributed by atoms with E-state index in [4.69, 9.17) is 10.00 Å². The van der Waals surface area contributed by atoms with E-state index in [0.717, 1.165) is 6.42 Å². The van der Waals surface area contributed by atoms with Gasteiger partial charge in [-0.3, -0.25) is 0 Å². The molecule has 1 fully saturated rings. The van der Waals surface area contributed by atoms with Gasteiger partial charge in [0.05, 0.1) is 0 Å². The van der Waals surface area contributed by atoms with Crippen molar-refractivity contribution in [3.63, 3.8) is 0 Å². The number of carbonyl (C=O) groups is 1. The van der Waals surface area contributed by atoms with Crippen molar-refractivity contribution in [2.75, 3.05) is 6.54 Å². The standard InChI is InChI=1S/C15H15N3O4S/c1-10(9-16)22-15(19)12-6-4-8-18(12)14-11-5-2-3-7-13(11)23(20,21)17-14/h2-3,5,7,10,12H,4,6,8H2,1H3/t10-,12-/m0/s1. The molecule has 2 aliphatic heterocycles. The summed E-state index contributed by atoms with van der Waals surface area (Å²) in [5.74, 6) is -0.245. The first kappa shape index (κ1) is 15.5. The summed E-state index contributed by atoms with van der Waals surface area (Å²) in [7, 11) is -3.73. The van der Waals surface area contributed by atoms with Crippen molar-refractivity contribution in [1.29, 1.82) is 5.26 Å². The highest BCUT2D eigenvalue weighted by Gasteiger charge is 2.40. The molecule has 3 rings (SSSR count). The highest BCUT2D eigenvalue weighted by Crippen LogP contribution is 2.31. The average molecular weight is 333 g/mol. The highest BCUT2D eigenvalue weighted by molar-refractivity contribution is 7.90. The number of carbonyl (C=O) groups excluding carboxylic acids is 1. The summed E-state index contributed by atoms with van der Waals surface area (Å²) in [5, 5.41) is 8.76. The van der Waals surface area contributed by atoms with Gasteiger partial charge in [-0.1, -0.05) is 12.1 Å². The Morgan fingerprint density at radius 3 is 2.96 bits per heavy atom. The summed E-state index contributed by atoms with van der Waals surface area (Å²) in [6.45, 7) is 2.01. The number of ether oxygens (including phenoxy) is 1. The summed E-state index contributed by atoms with van der Waals surface area (Å²) < 4.78 is 33.2. The summed E-state index contributed by atoms with van der Waals surface area (Å²) in [6.07, 6.45) is 0.423. The number of hydrogen-bond donors (Lipinski definition) is 0. The predicted molar refractivity (Wildman–Crippen MR) is 81.1 cm³/mol. The lowest BCUT2D eigenvalue weighted by atomic mass is 10.1. The zero-order valence-corrected chi connectivity index (χ0v) is 13.3. The number of nitrogens with zero attached hydrogens (tertiary/aromatic N) is 3. The number of amidine groups is 1. The molecule has 0 aromatic heterocycles. The third kappa shape index (κ3) is 2.68. The van der Waals surface area contributed by atoms with Crippen LogP contribution in [0.15, 0.2) is 33.6 Å². The molecular weight excluding hydrogens is 318 g/mol. The van der Waals surface area contributed by atoms with Crippen LogP contribution in [0.4, 0.5) is 0 Å². The third-order valence-corrected chi connectivity index (χ3v) is 5.21. The van der Waals surface area contributed by atoms with Crippen LogP contribution in [0, 0.1) is 11.3 Å². The second-order valence-corrected chi connectivity index (χ2v) is 7.02. The molecule has 1 aromatic rings. The van der Waals surface area contributed by atoms with E-state index in [1.807, 2.05) is 6.07 Å². The molecule has 2 heterocycles. The van der Waals surface area contributed by atoms with Crippen LogP contribution in [-0.2, 0) is 19.6 Å². The highest BCUT2D eigenvalue weighted by atomic mass is 32.2. The lowest BCUT2D eigenvalue weighted by Gasteiger charge is -2.25. The largest absolute Gasteiger partial charge is 0.446 e. The van der Waals surface area contributed by atoms with Gasteiger partial charge in [-0.05, 0) is 31.9 Å². The molecule has 0 radical (unpaired) electrons. The van der Waals surface area contributed by atoms with Crippen molar-refractivity contribution in [1.82, 2.24) is 4.90 Å². The van der Waals surface area contributed by atoms with Gasteiger partial charge < -0.3 is 9.64 Å². The number of rotatable bonds is 2. The summed E-state index contributed by atoms with van der Waals surface area (Å²) in [5.41, 5.74) is 0.500. The van der Waals surface area contributed by atoms with Gasteiger partial charge in [0, 0.05) is 12.1 Å². The quantitative estimate of drug-likeness (QED) is 0.750. The minimum Gasteiger partial charge on any atom is -0.446 e. The Kier molecular flexibility index (Phi) is 3.82. The molecule has 0 spiro atoms. The summed E-state index contributed by atoms with van der Waals surface area (Å²) in [4.78, 5) is 14.1. The Morgan fingerprint density at radius 1 is 1.48 bits per heavy atom. The lowest BCUT2D eigenvalue weighted by Crippen LogP contribution is -2.42. The smallest absolute Gasteiger partial charge is 0.330 e. The number of fused-ring (bicyclic) bond motifs is 1. The van der Waals surface area contributed by atoms with Gasteiger partial charge in [0.1, 0.15) is 17.0 Å². The van der Waals surface area contributed by atoms with Gasteiger partial charge in [0.25, 0.3) is 10.0 Å². The molecular formula is C15H15N3O4S. The first-order valence-electron chi connectivity index (χ1n) is 7.25. The molecule has 120 valence electrons. The van der Waals surface area contributed by atoms with Crippen LogP contribution >= 0.6 is 0 Å². The van der Waals surface area contributed by atoms with Crippen LogP contribution in [0.1, 0.15) is 25.3 Å². The minimum atomic E-state index is -3.73. The van der Waals surface area contributed by atoms with Crippen LogP contribution in [0.3, 0.4) is 0 Å². The van der Waals surface area contributed by atoms with E-state index in [0.29, 0.717) is 18.5 Å². The Morgan fingerprint density at radius 2 is 2.22 bits per heavy atom. The maximum Gasteiger partial charge on any atom is 0.330 e. The molecule has 2 atom stereocenters. The first-order valence-corrected chi connectivity index (χ1v) is 8.69. The van der Waals surface area contributed by atoms with Crippen LogP contribution in [0.25, 0.3) is 0 Å². The van der Waals surface area contributed by atoms with Crippen molar-refractivity contribution in [2.24, 2.45) is 4.40 Å². The second kappa shape index (κ2) is 5.66. The molecule has 0 N–H and O–H groups in total. The third-order valence-electron chi connectivity index (χ3n) is 3.88. The van der Waals surface area contributed by atoms with E-state index in [2.05, 4.69) is 4.40 Å². The number of nitriles is 1. The molecule has 1 saturated heterocycles. The number of benzene rings is 1. The van der Waals surface area contributed by atoms with E-state index in [1.54, 1.807) is 23.1 Å².